The fourth-order valence-corrected chi connectivity index (χ4v) is 1.49. The average molecular weight is 207 g/mol. The Labute approximate surface area is 87.9 Å². The lowest BCUT2D eigenvalue weighted by atomic mass is 10.00. The molecule has 0 spiro atoms. The summed E-state index contributed by atoms with van der Waals surface area (Å²) in [6.45, 7) is 2.95. The quantitative estimate of drug-likeness (QED) is 0.757. The Kier molecular flexibility index (Phi) is 2.36. The number of hydrogen-bond acceptors (Lipinski definition) is 3. The Bertz CT molecular complexity index is 385. The molecule has 1 aliphatic heterocycles. The van der Waals surface area contributed by atoms with Crippen molar-refractivity contribution in [1.29, 1.82) is 0 Å². The van der Waals surface area contributed by atoms with E-state index in [4.69, 9.17) is 4.74 Å². The summed E-state index contributed by atoms with van der Waals surface area (Å²) < 4.78 is 5.03. The molecule has 1 fully saturated rings. The van der Waals surface area contributed by atoms with Gasteiger partial charge in [-0.3, -0.25) is 4.79 Å². The monoisotopic (exact) mass is 207 g/mol. The maximum atomic E-state index is 11.7. The van der Waals surface area contributed by atoms with Gasteiger partial charge in [0.2, 0.25) is 0 Å². The zero-order valence-electron chi connectivity index (χ0n) is 8.49. The van der Waals surface area contributed by atoms with Gasteiger partial charge in [0.25, 0.3) is 5.91 Å². The van der Waals surface area contributed by atoms with Crippen LogP contribution in [-0.2, 0) is 4.74 Å². The summed E-state index contributed by atoms with van der Waals surface area (Å²) in [5, 5.41) is 12.3. The number of carbonyl (C=O) groups excluding carboxylic acids is 1. The first-order chi connectivity index (χ1) is 7.11. The van der Waals surface area contributed by atoms with Crippen molar-refractivity contribution in [3.05, 3.63) is 29.8 Å². The number of aromatic hydroxyl groups is 1. The summed E-state index contributed by atoms with van der Waals surface area (Å²) in [7, 11) is 0. The van der Waals surface area contributed by atoms with Gasteiger partial charge in [-0.2, -0.15) is 0 Å². The highest BCUT2D eigenvalue weighted by Crippen LogP contribution is 2.19. The number of benzene rings is 1. The second-order valence-corrected chi connectivity index (χ2v) is 4.02. The van der Waals surface area contributed by atoms with E-state index in [-0.39, 0.29) is 17.2 Å². The molecule has 1 aromatic rings. The molecule has 0 unspecified atom stereocenters. The summed E-state index contributed by atoms with van der Waals surface area (Å²) in [6, 6.07) is 6.48. The van der Waals surface area contributed by atoms with Crippen LogP contribution in [0.25, 0.3) is 0 Å². The maximum absolute atomic E-state index is 11.7. The largest absolute Gasteiger partial charge is 0.507 e. The molecule has 0 atom stereocenters. The number of carbonyl (C=O) groups is 1. The number of phenolic OH excluding ortho intramolecular Hbond substituents is 1. The molecule has 1 aromatic carbocycles. The SMILES string of the molecule is CC1(NC(=O)c2ccccc2O)COC1. The van der Waals surface area contributed by atoms with Gasteiger partial charge in [-0.25, -0.2) is 0 Å². The van der Waals surface area contributed by atoms with Gasteiger partial charge < -0.3 is 15.2 Å². The molecule has 80 valence electrons. The molecule has 1 saturated heterocycles. The molecule has 0 aromatic heterocycles. The Morgan fingerprint density at radius 1 is 1.47 bits per heavy atom. The minimum Gasteiger partial charge on any atom is -0.507 e. The van der Waals surface area contributed by atoms with Gasteiger partial charge in [0, 0.05) is 0 Å². The van der Waals surface area contributed by atoms with Gasteiger partial charge in [0.05, 0.1) is 24.3 Å². The third-order valence-electron chi connectivity index (χ3n) is 2.41. The minimum atomic E-state index is -0.292. The van der Waals surface area contributed by atoms with Crippen LogP contribution in [0.2, 0.25) is 0 Å². The summed E-state index contributed by atoms with van der Waals surface area (Å²) >= 11 is 0. The van der Waals surface area contributed by atoms with Crippen LogP contribution in [0.15, 0.2) is 24.3 Å². The highest BCUT2D eigenvalue weighted by molar-refractivity contribution is 5.97. The van der Waals surface area contributed by atoms with E-state index in [1.54, 1.807) is 18.2 Å². The van der Waals surface area contributed by atoms with Crippen LogP contribution < -0.4 is 5.32 Å². The van der Waals surface area contributed by atoms with E-state index in [1.807, 2.05) is 6.92 Å². The summed E-state index contributed by atoms with van der Waals surface area (Å²) in [5.74, 6) is -0.266. The average Bonchev–Trinajstić information content (AvgIpc) is 2.16. The normalized spacial score (nSPS) is 17.9. The Balaban J connectivity index is 2.11. The lowest BCUT2D eigenvalue weighted by molar-refractivity contribution is -0.0594. The van der Waals surface area contributed by atoms with Crippen LogP contribution in [0.4, 0.5) is 0 Å². The summed E-state index contributed by atoms with van der Waals surface area (Å²) in [5.41, 5.74) is 0.00458. The van der Waals surface area contributed by atoms with Crippen molar-refractivity contribution in [2.24, 2.45) is 0 Å². The minimum absolute atomic E-state index is 0.00107. The lowest BCUT2D eigenvalue weighted by Crippen LogP contribution is -2.59. The number of hydrogen-bond donors (Lipinski definition) is 2. The molecule has 1 heterocycles. The van der Waals surface area contributed by atoms with Crippen LogP contribution in [0.5, 0.6) is 5.75 Å². The van der Waals surface area contributed by atoms with E-state index >= 15 is 0 Å². The first-order valence-electron chi connectivity index (χ1n) is 4.79. The van der Waals surface area contributed by atoms with Gasteiger partial charge in [-0.1, -0.05) is 12.1 Å². The van der Waals surface area contributed by atoms with Crippen LogP contribution in [0.3, 0.4) is 0 Å². The Morgan fingerprint density at radius 3 is 2.67 bits per heavy atom. The predicted octanol–water partition coefficient (Wildman–Crippen LogP) is 0.911. The topological polar surface area (TPSA) is 58.6 Å². The van der Waals surface area contributed by atoms with E-state index in [0.717, 1.165) is 0 Å². The van der Waals surface area contributed by atoms with Crippen LogP contribution in [0, 0.1) is 0 Å². The molecule has 0 radical (unpaired) electrons. The van der Waals surface area contributed by atoms with Crippen molar-refractivity contribution in [2.75, 3.05) is 13.2 Å². The van der Waals surface area contributed by atoms with Crippen molar-refractivity contribution in [3.8, 4) is 5.75 Å². The zero-order chi connectivity index (χ0) is 10.9. The van der Waals surface area contributed by atoms with E-state index in [0.29, 0.717) is 18.8 Å². The highest BCUT2D eigenvalue weighted by Gasteiger charge is 2.35. The molecule has 0 bridgehead atoms. The third kappa shape index (κ3) is 1.94. The van der Waals surface area contributed by atoms with Gasteiger partial charge in [-0.15, -0.1) is 0 Å². The number of rotatable bonds is 2. The second kappa shape index (κ2) is 3.55. The van der Waals surface area contributed by atoms with Crippen molar-refractivity contribution in [1.82, 2.24) is 5.32 Å². The van der Waals surface area contributed by atoms with Crippen LogP contribution in [0.1, 0.15) is 17.3 Å². The molecule has 2 N–H and O–H groups in total. The Morgan fingerprint density at radius 2 is 2.13 bits per heavy atom. The molecule has 0 saturated carbocycles. The predicted molar refractivity (Wildman–Crippen MR) is 54.8 cm³/mol. The second-order valence-electron chi connectivity index (χ2n) is 4.02. The third-order valence-corrected chi connectivity index (χ3v) is 2.41. The van der Waals surface area contributed by atoms with Crippen molar-refractivity contribution in [3.63, 3.8) is 0 Å². The van der Waals surface area contributed by atoms with Gasteiger partial charge in [0.1, 0.15) is 5.75 Å². The van der Waals surface area contributed by atoms with E-state index < -0.39 is 0 Å². The molecule has 15 heavy (non-hydrogen) atoms. The van der Waals surface area contributed by atoms with Gasteiger partial charge >= 0.3 is 0 Å². The molecule has 2 rings (SSSR count). The molecule has 4 heteroatoms. The number of amides is 1. The molecule has 4 nitrogen and oxygen atoms in total. The summed E-state index contributed by atoms with van der Waals surface area (Å²) in [6.07, 6.45) is 0. The number of nitrogens with one attached hydrogen (secondary N) is 1. The maximum Gasteiger partial charge on any atom is 0.255 e. The fraction of sp³-hybridized carbons (Fsp3) is 0.364. The van der Waals surface area contributed by atoms with Crippen molar-refractivity contribution >= 4 is 5.91 Å². The first kappa shape index (κ1) is 9.98. The number of para-hydroxylation sites is 1. The van der Waals surface area contributed by atoms with Crippen molar-refractivity contribution in [2.45, 2.75) is 12.5 Å². The molecular weight excluding hydrogens is 194 g/mol. The Hall–Kier alpha value is -1.55. The van der Waals surface area contributed by atoms with Crippen LogP contribution in [-0.4, -0.2) is 29.8 Å². The van der Waals surface area contributed by atoms with Crippen molar-refractivity contribution < 1.29 is 14.6 Å². The zero-order valence-corrected chi connectivity index (χ0v) is 8.49. The number of phenols is 1. The number of ether oxygens (including phenoxy) is 1. The van der Waals surface area contributed by atoms with E-state index in [2.05, 4.69) is 5.32 Å². The highest BCUT2D eigenvalue weighted by atomic mass is 16.5. The fourth-order valence-electron chi connectivity index (χ4n) is 1.49. The van der Waals surface area contributed by atoms with Gasteiger partial charge in [0.15, 0.2) is 0 Å². The lowest BCUT2D eigenvalue weighted by Gasteiger charge is -2.38. The standard InChI is InChI=1S/C11H13NO3/c1-11(6-15-7-11)12-10(14)8-4-2-3-5-9(8)13/h2-5,13H,6-7H2,1H3,(H,12,14). The molecular formula is C11H13NO3. The van der Waals surface area contributed by atoms with Gasteiger partial charge in [-0.05, 0) is 19.1 Å². The van der Waals surface area contributed by atoms with E-state index in [1.165, 1.54) is 6.07 Å². The summed E-state index contributed by atoms with van der Waals surface area (Å²) in [4.78, 5) is 11.7. The molecule has 1 amide bonds. The smallest absolute Gasteiger partial charge is 0.255 e. The van der Waals surface area contributed by atoms with Crippen LogP contribution >= 0.6 is 0 Å². The van der Waals surface area contributed by atoms with E-state index in [9.17, 15) is 9.90 Å². The first-order valence-corrected chi connectivity index (χ1v) is 4.79. The molecule has 0 aliphatic carbocycles. The molecule has 1 aliphatic rings.